The van der Waals surface area contributed by atoms with Crippen molar-refractivity contribution in [2.75, 3.05) is 19.6 Å². The van der Waals surface area contributed by atoms with Crippen LogP contribution in [0.25, 0.3) is 5.69 Å². The highest BCUT2D eigenvalue weighted by Gasteiger charge is 2.32. The molecule has 2 heterocycles. The molecule has 1 atom stereocenters. The van der Waals surface area contributed by atoms with E-state index in [4.69, 9.17) is 5.10 Å². The lowest BCUT2D eigenvalue weighted by Crippen LogP contribution is -2.52. The van der Waals surface area contributed by atoms with Gasteiger partial charge in [0.05, 0.1) is 5.69 Å². The van der Waals surface area contributed by atoms with Crippen molar-refractivity contribution in [2.24, 2.45) is 0 Å². The maximum absolute atomic E-state index is 13.1. The molecule has 2 aliphatic rings. The fraction of sp³-hybridized carbons (Fsp3) is 0.474. The summed E-state index contributed by atoms with van der Waals surface area (Å²) in [5, 5.41) is 8.12. The zero-order valence-electron chi connectivity index (χ0n) is 14.8. The van der Waals surface area contributed by atoms with Gasteiger partial charge in [-0.3, -0.25) is 4.79 Å². The Labute approximate surface area is 154 Å². The molecule has 134 valence electrons. The summed E-state index contributed by atoms with van der Waals surface area (Å²) >= 11 is 0. The van der Waals surface area contributed by atoms with Gasteiger partial charge in [0.1, 0.15) is 0 Å². The van der Waals surface area contributed by atoms with Gasteiger partial charge in [0.2, 0.25) is 0 Å². The van der Waals surface area contributed by atoms with Crippen molar-refractivity contribution in [2.45, 2.75) is 39.2 Å². The highest BCUT2D eigenvalue weighted by atomic mass is 35.5. The molecule has 6 heteroatoms. The number of carbonyl (C=O) groups is 1. The summed E-state index contributed by atoms with van der Waals surface area (Å²) in [4.78, 5) is 15.1. The third kappa shape index (κ3) is 3.07. The number of benzene rings is 1. The van der Waals surface area contributed by atoms with E-state index in [0.717, 1.165) is 50.1 Å². The van der Waals surface area contributed by atoms with E-state index in [0.29, 0.717) is 5.69 Å². The third-order valence-electron chi connectivity index (χ3n) is 5.24. The maximum Gasteiger partial charge on any atom is 0.274 e. The molecule has 25 heavy (non-hydrogen) atoms. The average molecular weight is 361 g/mol. The van der Waals surface area contributed by atoms with Crippen molar-refractivity contribution < 1.29 is 4.79 Å². The van der Waals surface area contributed by atoms with Gasteiger partial charge in [0, 0.05) is 36.9 Å². The van der Waals surface area contributed by atoms with Crippen LogP contribution in [0, 0.1) is 6.92 Å². The van der Waals surface area contributed by atoms with E-state index in [9.17, 15) is 4.79 Å². The molecule has 1 saturated heterocycles. The predicted molar refractivity (Wildman–Crippen MR) is 101 cm³/mol. The minimum Gasteiger partial charge on any atom is -0.332 e. The Kier molecular flexibility index (Phi) is 5.16. The molecule has 0 radical (unpaired) electrons. The standard InChI is InChI=1S/C19H24N4O.ClH/c1-13-6-3-4-8-16(13)23-17-9-5-7-15(17)18(21-23)19(24)22-11-10-20-12-14(22)2;/h3-4,6,8,14,20H,5,7,9-12H2,1-2H3;1H/t14-;/m0./s1. The van der Waals surface area contributed by atoms with Crippen molar-refractivity contribution in [3.05, 3.63) is 46.8 Å². The third-order valence-corrected chi connectivity index (χ3v) is 5.24. The Morgan fingerprint density at radius 2 is 2.08 bits per heavy atom. The van der Waals surface area contributed by atoms with E-state index in [-0.39, 0.29) is 24.4 Å². The van der Waals surface area contributed by atoms with E-state index in [1.807, 2.05) is 21.7 Å². The smallest absolute Gasteiger partial charge is 0.274 e. The average Bonchev–Trinajstić information content (AvgIpc) is 3.18. The number of piperazine rings is 1. The van der Waals surface area contributed by atoms with Gasteiger partial charge < -0.3 is 10.2 Å². The molecule has 0 bridgehead atoms. The number of carbonyl (C=O) groups excluding carboxylic acids is 1. The van der Waals surface area contributed by atoms with Crippen LogP contribution in [0.2, 0.25) is 0 Å². The number of hydrogen-bond donors (Lipinski definition) is 1. The summed E-state index contributed by atoms with van der Waals surface area (Å²) in [5.74, 6) is 0.0921. The zero-order valence-corrected chi connectivity index (χ0v) is 15.6. The van der Waals surface area contributed by atoms with E-state index in [2.05, 4.69) is 31.3 Å². The molecule has 0 spiro atoms. The van der Waals surface area contributed by atoms with Crippen LogP contribution in [0.4, 0.5) is 0 Å². The largest absolute Gasteiger partial charge is 0.332 e. The second-order valence-electron chi connectivity index (χ2n) is 6.88. The summed E-state index contributed by atoms with van der Waals surface area (Å²) < 4.78 is 2.01. The fourth-order valence-corrected chi connectivity index (χ4v) is 3.89. The first-order chi connectivity index (χ1) is 11.7. The second kappa shape index (κ2) is 7.18. The second-order valence-corrected chi connectivity index (χ2v) is 6.88. The number of fused-ring (bicyclic) bond motifs is 1. The molecule has 0 unspecified atom stereocenters. The van der Waals surface area contributed by atoms with Gasteiger partial charge in [-0.2, -0.15) is 5.10 Å². The van der Waals surface area contributed by atoms with Gasteiger partial charge in [-0.05, 0) is 44.7 Å². The highest BCUT2D eigenvalue weighted by Crippen LogP contribution is 2.29. The van der Waals surface area contributed by atoms with Gasteiger partial charge in [-0.1, -0.05) is 18.2 Å². The number of aromatic nitrogens is 2. The molecule has 1 fully saturated rings. The summed E-state index contributed by atoms with van der Waals surface area (Å²) in [6.45, 7) is 6.66. The van der Waals surface area contributed by atoms with Crippen LogP contribution in [0.15, 0.2) is 24.3 Å². The Balaban J connectivity index is 0.00000182. The van der Waals surface area contributed by atoms with Gasteiger partial charge in [-0.25, -0.2) is 4.68 Å². The van der Waals surface area contributed by atoms with E-state index in [1.165, 1.54) is 11.3 Å². The molecule has 5 nitrogen and oxygen atoms in total. The number of aryl methyl sites for hydroxylation is 1. The highest BCUT2D eigenvalue weighted by molar-refractivity contribution is 5.94. The maximum atomic E-state index is 13.1. The molecule has 1 N–H and O–H groups in total. The molecule has 1 amide bonds. The first kappa shape index (κ1) is 18.0. The topological polar surface area (TPSA) is 50.2 Å². The lowest BCUT2D eigenvalue weighted by molar-refractivity contribution is 0.0648. The van der Waals surface area contributed by atoms with Crippen molar-refractivity contribution in [3.63, 3.8) is 0 Å². The van der Waals surface area contributed by atoms with Gasteiger partial charge in [0.15, 0.2) is 5.69 Å². The van der Waals surface area contributed by atoms with E-state index < -0.39 is 0 Å². The number of para-hydroxylation sites is 1. The Morgan fingerprint density at radius 1 is 1.28 bits per heavy atom. The van der Waals surface area contributed by atoms with Crippen LogP contribution < -0.4 is 5.32 Å². The van der Waals surface area contributed by atoms with Crippen LogP contribution in [0.5, 0.6) is 0 Å². The predicted octanol–water partition coefficient (Wildman–Crippen LogP) is 2.53. The fourth-order valence-electron chi connectivity index (χ4n) is 3.89. The number of nitrogens with zero attached hydrogens (tertiary/aromatic N) is 3. The summed E-state index contributed by atoms with van der Waals surface area (Å²) in [6.07, 6.45) is 3.07. The zero-order chi connectivity index (χ0) is 16.7. The number of nitrogens with one attached hydrogen (secondary N) is 1. The summed E-state index contributed by atoms with van der Waals surface area (Å²) in [5.41, 5.74) is 5.32. The normalized spacial score (nSPS) is 19.4. The van der Waals surface area contributed by atoms with Crippen LogP contribution in [0.3, 0.4) is 0 Å². The molecule has 1 aromatic heterocycles. The van der Waals surface area contributed by atoms with Gasteiger partial charge in [-0.15, -0.1) is 12.4 Å². The SMILES string of the molecule is Cc1ccccc1-n1nc(C(=O)N2CCNC[C@@H]2C)c2c1CCC2.Cl. The molecule has 1 aliphatic carbocycles. The Morgan fingerprint density at radius 3 is 2.84 bits per heavy atom. The van der Waals surface area contributed by atoms with Crippen molar-refractivity contribution in [1.29, 1.82) is 0 Å². The lowest BCUT2D eigenvalue weighted by atomic mass is 10.1. The van der Waals surface area contributed by atoms with Crippen LogP contribution in [0.1, 0.15) is 40.7 Å². The molecule has 4 rings (SSSR count). The Hall–Kier alpha value is -1.85. The van der Waals surface area contributed by atoms with Crippen LogP contribution >= 0.6 is 12.4 Å². The number of rotatable bonds is 2. The first-order valence-electron chi connectivity index (χ1n) is 8.85. The molecular formula is C19H25ClN4O. The van der Waals surface area contributed by atoms with Crippen molar-refractivity contribution >= 4 is 18.3 Å². The number of hydrogen-bond acceptors (Lipinski definition) is 3. The molecule has 1 aromatic carbocycles. The summed E-state index contributed by atoms with van der Waals surface area (Å²) in [7, 11) is 0. The molecule has 0 saturated carbocycles. The van der Waals surface area contributed by atoms with Crippen molar-refractivity contribution in [3.8, 4) is 5.69 Å². The van der Waals surface area contributed by atoms with Crippen molar-refractivity contribution in [1.82, 2.24) is 20.0 Å². The van der Waals surface area contributed by atoms with Gasteiger partial charge in [0.25, 0.3) is 5.91 Å². The number of halogens is 1. The van der Waals surface area contributed by atoms with Crippen LogP contribution in [-0.4, -0.2) is 46.3 Å². The molecule has 2 aromatic rings. The van der Waals surface area contributed by atoms with E-state index >= 15 is 0 Å². The minimum absolute atomic E-state index is 0. The first-order valence-corrected chi connectivity index (χ1v) is 8.85. The minimum atomic E-state index is 0. The van der Waals surface area contributed by atoms with Gasteiger partial charge >= 0.3 is 0 Å². The summed E-state index contributed by atoms with van der Waals surface area (Å²) in [6, 6.07) is 8.47. The van der Waals surface area contributed by atoms with Crippen LogP contribution in [-0.2, 0) is 12.8 Å². The molecule has 1 aliphatic heterocycles. The molecular weight excluding hydrogens is 336 g/mol. The number of amides is 1. The van der Waals surface area contributed by atoms with E-state index in [1.54, 1.807) is 0 Å². The quantitative estimate of drug-likeness (QED) is 0.895. The Bertz CT molecular complexity index is 786. The lowest BCUT2D eigenvalue weighted by Gasteiger charge is -2.33. The monoisotopic (exact) mass is 360 g/mol.